The van der Waals surface area contributed by atoms with Crippen molar-refractivity contribution in [3.05, 3.63) is 167 Å². The molecule has 0 aliphatic rings. The maximum Gasteiger partial charge on any atom is 0.508 e. The SMILES string of the molecule is Nc1ccc(C=C(COC(=O)Nc2ccc(COC(=O)OCCc3ccccc3)cc2)COC(=O)Nc2ccc(COC(=O)OCCc3ccccc3)cc2)cc1. The summed E-state index contributed by atoms with van der Waals surface area (Å²) in [6.45, 7) is 0.0199. The molecular formula is C44H43N3O10. The van der Waals surface area contributed by atoms with Crippen LogP contribution in [0.15, 0.2) is 139 Å². The predicted molar refractivity (Wildman–Crippen MR) is 214 cm³/mol. The maximum absolute atomic E-state index is 12.7. The van der Waals surface area contributed by atoms with Gasteiger partial charge in [0.25, 0.3) is 0 Å². The van der Waals surface area contributed by atoms with Crippen molar-refractivity contribution in [1.82, 2.24) is 0 Å². The number of hydrogen-bond donors (Lipinski definition) is 3. The molecule has 294 valence electrons. The second-order valence-corrected chi connectivity index (χ2v) is 12.5. The molecule has 0 heterocycles. The second-order valence-electron chi connectivity index (χ2n) is 12.5. The minimum atomic E-state index is -0.770. The molecule has 0 aromatic heterocycles. The van der Waals surface area contributed by atoms with E-state index in [0.717, 1.165) is 16.7 Å². The average Bonchev–Trinajstić information content (AvgIpc) is 3.23. The normalized spacial score (nSPS) is 10.3. The Morgan fingerprint density at radius 3 is 1.32 bits per heavy atom. The van der Waals surface area contributed by atoms with Gasteiger partial charge in [-0.25, -0.2) is 19.2 Å². The molecule has 0 radical (unpaired) electrons. The zero-order chi connectivity index (χ0) is 40.1. The Bertz CT molecular complexity index is 1930. The van der Waals surface area contributed by atoms with Crippen LogP contribution in [0.4, 0.5) is 36.2 Å². The molecule has 57 heavy (non-hydrogen) atoms. The molecule has 2 amide bonds. The lowest BCUT2D eigenvalue weighted by Crippen LogP contribution is -2.19. The number of amides is 2. The number of nitrogens with one attached hydrogen (secondary N) is 2. The lowest BCUT2D eigenvalue weighted by molar-refractivity contribution is 0.0498. The summed E-state index contributed by atoms with van der Waals surface area (Å²) in [4.78, 5) is 49.3. The number of rotatable bonds is 17. The third kappa shape index (κ3) is 15.5. The second kappa shape index (κ2) is 22.2. The number of carbonyl (C=O) groups excluding carboxylic acids is 4. The van der Waals surface area contributed by atoms with Crippen LogP contribution >= 0.6 is 0 Å². The minimum Gasteiger partial charge on any atom is -0.445 e. The smallest absolute Gasteiger partial charge is 0.445 e. The molecule has 13 heteroatoms. The Labute approximate surface area is 330 Å². The highest BCUT2D eigenvalue weighted by Crippen LogP contribution is 2.16. The standard InChI is InChI=1S/C44H43N3O10/c45-38-17-11-34(12-18-38)27-37(30-54-41(48)46-39-19-13-35(14-20-39)28-56-43(50)52-25-23-32-7-3-1-4-8-32)31-55-42(49)47-40-21-15-36(16-22-40)29-57-44(51)53-26-24-33-9-5-2-6-10-33/h1-22,27H,23-26,28-31,45H2,(H,46,48)(H,47,49). The van der Waals surface area contributed by atoms with Gasteiger partial charge in [-0.3, -0.25) is 10.6 Å². The van der Waals surface area contributed by atoms with E-state index in [1.807, 2.05) is 60.7 Å². The Morgan fingerprint density at radius 1 is 0.474 bits per heavy atom. The summed E-state index contributed by atoms with van der Waals surface area (Å²) in [5, 5.41) is 5.29. The van der Waals surface area contributed by atoms with Crippen molar-refractivity contribution in [3.8, 4) is 0 Å². The quantitative estimate of drug-likeness (QED) is 0.0468. The van der Waals surface area contributed by atoms with Gasteiger partial charge in [-0.2, -0.15) is 0 Å². The maximum atomic E-state index is 12.7. The van der Waals surface area contributed by atoms with Crippen molar-refractivity contribution in [1.29, 1.82) is 0 Å². The first-order valence-electron chi connectivity index (χ1n) is 18.0. The Morgan fingerprint density at radius 2 is 0.895 bits per heavy atom. The molecule has 0 fully saturated rings. The third-order valence-electron chi connectivity index (χ3n) is 8.11. The van der Waals surface area contributed by atoms with Gasteiger partial charge in [0.1, 0.15) is 26.4 Å². The van der Waals surface area contributed by atoms with E-state index in [1.54, 1.807) is 78.9 Å². The molecule has 0 bridgehead atoms. The number of carbonyl (C=O) groups is 4. The molecule has 0 saturated carbocycles. The van der Waals surface area contributed by atoms with E-state index in [2.05, 4.69) is 10.6 Å². The fourth-order valence-electron chi connectivity index (χ4n) is 5.11. The third-order valence-corrected chi connectivity index (χ3v) is 8.11. The van der Waals surface area contributed by atoms with Crippen LogP contribution in [0.5, 0.6) is 0 Å². The Balaban J connectivity index is 1.03. The predicted octanol–water partition coefficient (Wildman–Crippen LogP) is 8.94. The van der Waals surface area contributed by atoms with E-state index >= 15 is 0 Å². The molecule has 0 unspecified atom stereocenters. The summed E-state index contributed by atoms with van der Waals surface area (Å²) in [7, 11) is 0. The van der Waals surface area contributed by atoms with Crippen molar-refractivity contribution < 1.29 is 47.6 Å². The average molecular weight is 774 g/mol. The zero-order valence-electron chi connectivity index (χ0n) is 31.1. The van der Waals surface area contributed by atoms with Crippen LogP contribution in [-0.4, -0.2) is 50.9 Å². The van der Waals surface area contributed by atoms with E-state index < -0.39 is 24.5 Å². The van der Waals surface area contributed by atoms with Gasteiger partial charge in [-0.15, -0.1) is 0 Å². The van der Waals surface area contributed by atoms with Gasteiger partial charge in [0.2, 0.25) is 0 Å². The minimum absolute atomic E-state index is 0.00372. The Hall–Kier alpha value is -7.28. The van der Waals surface area contributed by atoms with E-state index in [1.165, 1.54) is 0 Å². The number of benzene rings is 5. The van der Waals surface area contributed by atoms with Crippen LogP contribution in [-0.2, 0) is 54.5 Å². The van der Waals surface area contributed by atoms with Gasteiger partial charge in [0.15, 0.2) is 0 Å². The van der Waals surface area contributed by atoms with Crippen LogP contribution in [0.25, 0.3) is 6.08 Å². The first-order chi connectivity index (χ1) is 27.8. The highest BCUT2D eigenvalue weighted by Gasteiger charge is 2.12. The molecule has 0 spiro atoms. The van der Waals surface area contributed by atoms with Crippen molar-refractivity contribution in [2.24, 2.45) is 0 Å². The zero-order valence-corrected chi connectivity index (χ0v) is 31.1. The van der Waals surface area contributed by atoms with Crippen molar-refractivity contribution >= 4 is 47.6 Å². The van der Waals surface area contributed by atoms with Gasteiger partial charge in [0.05, 0.1) is 13.2 Å². The molecule has 13 nitrogen and oxygen atoms in total. The summed E-state index contributed by atoms with van der Waals surface area (Å²) in [5.41, 5.74) is 12.0. The lowest BCUT2D eigenvalue weighted by Gasteiger charge is -2.12. The summed E-state index contributed by atoms with van der Waals surface area (Å²) in [6, 6.07) is 39.6. The number of ether oxygens (including phenoxy) is 6. The molecule has 5 aromatic carbocycles. The topological polar surface area (TPSA) is 174 Å². The molecule has 4 N–H and O–H groups in total. The lowest BCUT2D eigenvalue weighted by atomic mass is 10.1. The molecule has 0 saturated heterocycles. The summed E-state index contributed by atoms with van der Waals surface area (Å²) in [6.07, 6.45) is -0.125. The molecule has 0 aliphatic carbocycles. The van der Waals surface area contributed by atoms with E-state index in [4.69, 9.17) is 34.2 Å². The van der Waals surface area contributed by atoms with Gasteiger partial charge < -0.3 is 34.2 Å². The Kier molecular flexibility index (Phi) is 15.9. The monoisotopic (exact) mass is 773 g/mol. The van der Waals surface area contributed by atoms with Crippen LogP contribution in [0, 0.1) is 0 Å². The summed E-state index contributed by atoms with van der Waals surface area (Å²) >= 11 is 0. The highest BCUT2D eigenvalue weighted by atomic mass is 16.7. The molecule has 0 aliphatic heterocycles. The molecule has 0 atom stereocenters. The number of nitrogen functional groups attached to an aromatic ring is 1. The van der Waals surface area contributed by atoms with Crippen LogP contribution in [0.3, 0.4) is 0 Å². The van der Waals surface area contributed by atoms with E-state index in [0.29, 0.717) is 46.6 Å². The number of anilines is 3. The summed E-state index contributed by atoms with van der Waals surface area (Å²) < 4.78 is 31.5. The van der Waals surface area contributed by atoms with Gasteiger partial charge in [-0.05, 0) is 70.3 Å². The van der Waals surface area contributed by atoms with Gasteiger partial charge in [0, 0.05) is 35.5 Å². The summed E-state index contributed by atoms with van der Waals surface area (Å²) in [5.74, 6) is 0. The van der Waals surface area contributed by atoms with E-state index in [9.17, 15) is 19.2 Å². The van der Waals surface area contributed by atoms with Crippen molar-refractivity contribution in [2.45, 2.75) is 26.1 Å². The van der Waals surface area contributed by atoms with Crippen molar-refractivity contribution in [3.63, 3.8) is 0 Å². The highest BCUT2D eigenvalue weighted by molar-refractivity contribution is 5.85. The molecule has 5 rings (SSSR count). The van der Waals surface area contributed by atoms with Crippen molar-refractivity contribution in [2.75, 3.05) is 42.8 Å². The first-order valence-corrected chi connectivity index (χ1v) is 18.0. The van der Waals surface area contributed by atoms with E-state index in [-0.39, 0.29) is 39.6 Å². The van der Waals surface area contributed by atoms with Crippen LogP contribution in [0.1, 0.15) is 27.8 Å². The fraction of sp³-hybridized carbons (Fsp3) is 0.182. The first kappa shape index (κ1) is 40.9. The number of hydrogen-bond acceptors (Lipinski definition) is 11. The van der Waals surface area contributed by atoms with Gasteiger partial charge in [-0.1, -0.05) is 97.1 Å². The largest absolute Gasteiger partial charge is 0.508 e. The fourth-order valence-corrected chi connectivity index (χ4v) is 5.11. The molecule has 5 aromatic rings. The van der Waals surface area contributed by atoms with Gasteiger partial charge >= 0.3 is 24.5 Å². The van der Waals surface area contributed by atoms with Crippen LogP contribution < -0.4 is 16.4 Å². The van der Waals surface area contributed by atoms with Crippen LogP contribution in [0.2, 0.25) is 0 Å². The molecular weight excluding hydrogens is 730 g/mol. The number of nitrogens with two attached hydrogens (primary N) is 1.